The fourth-order valence-corrected chi connectivity index (χ4v) is 2.26. The first-order chi connectivity index (χ1) is 10.2. The largest absolute Gasteiger partial charge is 0.488 e. The lowest BCUT2D eigenvalue weighted by molar-refractivity contribution is 0.155. The van der Waals surface area contributed by atoms with Crippen LogP contribution in [0.15, 0.2) is 23.3 Å². The third-order valence-corrected chi connectivity index (χ3v) is 3.31. The summed E-state index contributed by atoms with van der Waals surface area (Å²) in [5.41, 5.74) is 2.09. The topological polar surface area (TPSA) is 81.2 Å². The number of nitrogens with zero attached hydrogens (tertiary/aromatic N) is 3. The number of anilines is 1. The maximum absolute atomic E-state index is 13.9. The third-order valence-electron chi connectivity index (χ3n) is 3.31. The van der Waals surface area contributed by atoms with Gasteiger partial charge in [0, 0.05) is 0 Å². The Labute approximate surface area is 122 Å². The summed E-state index contributed by atoms with van der Waals surface area (Å²) in [6.07, 6.45) is 5.37. The molecule has 0 unspecified atom stereocenters. The number of halogens is 1. The van der Waals surface area contributed by atoms with Crippen molar-refractivity contribution >= 4 is 11.4 Å². The minimum Gasteiger partial charge on any atom is -0.488 e. The van der Waals surface area contributed by atoms with Crippen LogP contribution in [0, 0.1) is 28.5 Å². The highest BCUT2D eigenvalue weighted by Gasteiger charge is 2.18. The summed E-state index contributed by atoms with van der Waals surface area (Å²) in [4.78, 5) is 0. The zero-order valence-corrected chi connectivity index (χ0v) is 11.5. The highest BCUT2D eigenvalue weighted by atomic mass is 19.1. The lowest BCUT2D eigenvalue weighted by Crippen LogP contribution is -2.20. The molecule has 0 amide bonds. The Morgan fingerprint density at radius 3 is 2.62 bits per heavy atom. The molecule has 0 bridgehead atoms. The van der Waals surface area contributed by atoms with Crippen LogP contribution in [0.4, 0.5) is 10.1 Å². The molecule has 1 N–H and O–H groups in total. The first-order valence-electron chi connectivity index (χ1n) is 6.83. The van der Waals surface area contributed by atoms with Crippen molar-refractivity contribution in [1.29, 1.82) is 10.5 Å². The Bertz CT molecular complexity index is 593. The van der Waals surface area contributed by atoms with Gasteiger partial charge in [-0.15, -0.1) is 0 Å². The molecule has 1 aromatic carbocycles. The maximum Gasteiger partial charge on any atom is 0.237 e. The van der Waals surface area contributed by atoms with Crippen molar-refractivity contribution < 1.29 is 9.13 Å². The number of rotatable bonds is 4. The second-order valence-corrected chi connectivity index (χ2v) is 4.79. The molecule has 1 fully saturated rings. The van der Waals surface area contributed by atoms with Gasteiger partial charge >= 0.3 is 0 Å². The predicted octanol–water partition coefficient (Wildman–Crippen LogP) is 3.35. The summed E-state index contributed by atoms with van der Waals surface area (Å²) in [6, 6.07) is 7.68. The second kappa shape index (κ2) is 7.25. The number of nitriles is 2. The number of hydrazone groups is 1. The molecule has 0 saturated heterocycles. The summed E-state index contributed by atoms with van der Waals surface area (Å²) >= 11 is 0. The highest BCUT2D eigenvalue weighted by molar-refractivity contribution is 6.10. The minimum absolute atomic E-state index is 0.0473. The van der Waals surface area contributed by atoms with Crippen LogP contribution in [-0.4, -0.2) is 11.8 Å². The molecule has 0 aliphatic heterocycles. The molecule has 1 aromatic rings. The molecule has 108 valence electrons. The van der Waals surface area contributed by atoms with Gasteiger partial charge in [-0.25, -0.2) is 4.39 Å². The average molecular weight is 286 g/mol. The number of para-hydroxylation sites is 1. The molecule has 2 rings (SSSR count). The van der Waals surface area contributed by atoms with Crippen LogP contribution in [0.1, 0.15) is 32.1 Å². The van der Waals surface area contributed by atoms with E-state index in [1.165, 1.54) is 12.5 Å². The zero-order valence-electron chi connectivity index (χ0n) is 11.5. The van der Waals surface area contributed by atoms with Crippen molar-refractivity contribution in [2.75, 3.05) is 5.43 Å². The van der Waals surface area contributed by atoms with Crippen molar-refractivity contribution in [2.24, 2.45) is 5.10 Å². The van der Waals surface area contributed by atoms with Gasteiger partial charge in [0.2, 0.25) is 5.71 Å². The minimum atomic E-state index is -0.540. The van der Waals surface area contributed by atoms with E-state index in [0.29, 0.717) is 5.75 Å². The molecular formula is C15H15FN4O. The lowest BCUT2D eigenvalue weighted by Gasteiger charge is -2.24. The van der Waals surface area contributed by atoms with Crippen molar-refractivity contribution in [3.63, 3.8) is 0 Å². The van der Waals surface area contributed by atoms with E-state index >= 15 is 0 Å². The van der Waals surface area contributed by atoms with E-state index in [1.807, 2.05) is 0 Å². The molecule has 6 heteroatoms. The molecule has 1 aliphatic carbocycles. The summed E-state index contributed by atoms with van der Waals surface area (Å²) in [5, 5.41) is 20.8. The first kappa shape index (κ1) is 14.8. The van der Waals surface area contributed by atoms with Gasteiger partial charge in [0.1, 0.15) is 23.6 Å². The smallest absolute Gasteiger partial charge is 0.237 e. The lowest BCUT2D eigenvalue weighted by atomic mass is 9.98. The third kappa shape index (κ3) is 3.93. The first-order valence-corrected chi connectivity index (χ1v) is 6.83. The highest BCUT2D eigenvalue weighted by Crippen LogP contribution is 2.31. The fourth-order valence-electron chi connectivity index (χ4n) is 2.26. The van der Waals surface area contributed by atoms with Crippen LogP contribution in [0.3, 0.4) is 0 Å². The van der Waals surface area contributed by atoms with Crippen LogP contribution in [0.2, 0.25) is 0 Å². The summed E-state index contributed by atoms with van der Waals surface area (Å²) in [6.45, 7) is 0. The molecular weight excluding hydrogens is 271 g/mol. The fraction of sp³-hybridized carbons (Fsp3) is 0.400. The number of hydrogen-bond acceptors (Lipinski definition) is 5. The van der Waals surface area contributed by atoms with Crippen LogP contribution in [0.5, 0.6) is 5.75 Å². The van der Waals surface area contributed by atoms with Crippen LogP contribution >= 0.6 is 0 Å². The van der Waals surface area contributed by atoms with Crippen molar-refractivity contribution in [2.45, 2.75) is 38.2 Å². The van der Waals surface area contributed by atoms with Gasteiger partial charge < -0.3 is 4.74 Å². The van der Waals surface area contributed by atoms with E-state index in [0.717, 1.165) is 25.7 Å². The van der Waals surface area contributed by atoms with Gasteiger partial charge in [0.15, 0.2) is 5.82 Å². The molecule has 0 spiro atoms. The summed E-state index contributed by atoms with van der Waals surface area (Å²) < 4.78 is 19.7. The van der Waals surface area contributed by atoms with E-state index in [-0.39, 0.29) is 17.5 Å². The van der Waals surface area contributed by atoms with E-state index in [1.54, 1.807) is 24.3 Å². The Hall–Kier alpha value is -2.60. The van der Waals surface area contributed by atoms with Gasteiger partial charge in [-0.05, 0) is 37.8 Å². The second-order valence-electron chi connectivity index (χ2n) is 4.79. The molecule has 0 atom stereocenters. The van der Waals surface area contributed by atoms with E-state index < -0.39 is 5.82 Å². The molecule has 0 aromatic heterocycles. The molecule has 0 radical (unpaired) electrons. The van der Waals surface area contributed by atoms with Crippen LogP contribution in [0.25, 0.3) is 0 Å². The van der Waals surface area contributed by atoms with Crippen molar-refractivity contribution in [3.05, 3.63) is 24.0 Å². The maximum atomic E-state index is 13.9. The molecule has 1 aliphatic rings. The van der Waals surface area contributed by atoms with Gasteiger partial charge in [-0.1, -0.05) is 12.5 Å². The number of ether oxygens (including phenoxy) is 1. The van der Waals surface area contributed by atoms with Gasteiger partial charge in [0.05, 0.1) is 6.10 Å². The van der Waals surface area contributed by atoms with Crippen LogP contribution < -0.4 is 10.2 Å². The standard InChI is InChI=1S/C15H15FN4O/c16-13-7-4-8-14(21-12-5-2-1-3-6-12)15(13)20-19-11(9-17)10-18/h4,7-8,12,20H,1-3,5-6H2. The predicted molar refractivity (Wildman–Crippen MR) is 76.2 cm³/mol. The van der Waals surface area contributed by atoms with Crippen molar-refractivity contribution in [1.82, 2.24) is 0 Å². The Balaban J connectivity index is 2.18. The molecule has 5 nitrogen and oxygen atoms in total. The molecule has 1 saturated carbocycles. The Kier molecular flexibility index (Phi) is 5.11. The molecule has 0 heterocycles. The van der Waals surface area contributed by atoms with Gasteiger partial charge in [0.25, 0.3) is 0 Å². The Morgan fingerprint density at radius 1 is 1.24 bits per heavy atom. The number of nitrogens with one attached hydrogen (secondary N) is 1. The zero-order chi connectivity index (χ0) is 15.1. The SMILES string of the molecule is N#CC(C#N)=NNc1c(F)cccc1OC1CCCCC1. The summed E-state index contributed by atoms with van der Waals surface area (Å²) in [7, 11) is 0. The molecule has 21 heavy (non-hydrogen) atoms. The monoisotopic (exact) mass is 286 g/mol. The number of benzene rings is 1. The quantitative estimate of drug-likeness (QED) is 0.679. The summed E-state index contributed by atoms with van der Waals surface area (Å²) in [5.74, 6) is -0.192. The van der Waals surface area contributed by atoms with Crippen molar-refractivity contribution in [3.8, 4) is 17.9 Å². The normalized spacial score (nSPS) is 14.6. The van der Waals surface area contributed by atoms with E-state index in [4.69, 9.17) is 15.3 Å². The van der Waals surface area contributed by atoms with E-state index in [9.17, 15) is 4.39 Å². The van der Waals surface area contributed by atoms with Gasteiger partial charge in [-0.2, -0.15) is 15.6 Å². The van der Waals surface area contributed by atoms with Crippen LogP contribution in [-0.2, 0) is 0 Å². The number of hydrogen-bond donors (Lipinski definition) is 1. The Morgan fingerprint density at radius 2 is 1.95 bits per heavy atom. The van der Waals surface area contributed by atoms with E-state index in [2.05, 4.69) is 10.5 Å². The van der Waals surface area contributed by atoms with Gasteiger partial charge in [-0.3, -0.25) is 5.43 Å². The average Bonchev–Trinajstić information content (AvgIpc) is 2.51.